The van der Waals surface area contributed by atoms with Crippen LogP contribution in [0.2, 0.25) is 0 Å². The van der Waals surface area contributed by atoms with E-state index in [1.807, 2.05) is 83.8 Å². The largest absolute Gasteiger partial charge is 0.359 e. The summed E-state index contributed by atoms with van der Waals surface area (Å²) < 4.78 is 2.98. The second kappa shape index (κ2) is 13.9. The second-order valence-electron chi connectivity index (χ2n) is 12.0. The quantitative estimate of drug-likeness (QED) is 0.0988. The molecule has 5 aromatic carbocycles. The van der Waals surface area contributed by atoms with Crippen LogP contribution in [0, 0.1) is 20.2 Å². The molecule has 0 N–H and O–H groups in total. The van der Waals surface area contributed by atoms with E-state index in [-0.39, 0.29) is 24.5 Å². The van der Waals surface area contributed by atoms with Crippen LogP contribution in [-0.2, 0) is 13.1 Å². The van der Waals surface area contributed by atoms with E-state index in [2.05, 4.69) is 20.6 Å². The van der Waals surface area contributed by atoms with Crippen molar-refractivity contribution in [3.63, 3.8) is 0 Å². The molecule has 0 aliphatic rings. The molecule has 0 radical (unpaired) electrons. The molecule has 8 rings (SSSR count). The molecule has 15 heteroatoms. The summed E-state index contributed by atoms with van der Waals surface area (Å²) in [7, 11) is 0. The molecule has 0 bridgehead atoms. The Morgan fingerprint density at radius 1 is 0.547 bits per heavy atom. The first-order valence-corrected chi connectivity index (χ1v) is 16.4. The van der Waals surface area contributed by atoms with Crippen LogP contribution < -0.4 is 4.90 Å². The van der Waals surface area contributed by atoms with Crippen LogP contribution in [0.5, 0.6) is 0 Å². The van der Waals surface area contributed by atoms with Gasteiger partial charge in [0.1, 0.15) is 11.4 Å². The Morgan fingerprint density at radius 3 is 1.53 bits per heavy atom. The highest BCUT2D eigenvalue weighted by atomic mass is 16.6. The monoisotopic (exact) mass is 701 g/mol. The van der Waals surface area contributed by atoms with Crippen LogP contribution >= 0.6 is 0 Å². The first-order valence-electron chi connectivity index (χ1n) is 16.4. The zero-order valence-electron chi connectivity index (χ0n) is 27.7. The summed E-state index contributed by atoms with van der Waals surface area (Å²) in [5, 5.41) is 40.0. The van der Waals surface area contributed by atoms with Crippen molar-refractivity contribution in [2.75, 3.05) is 4.90 Å². The first kappa shape index (κ1) is 32.5. The van der Waals surface area contributed by atoms with Crippen molar-refractivity contribution in [1.82, 2.24) is 40.0 Å². The van der Waals surface area contributed by atoms with E-state index >= 15 is 0 Å². The molecule has 0 amide bonds. The van der Waals surface area contributed by atoms with Crippen LogP contribution in [0.1, 0.15) is 11.4 Å². The Balaban J connectivity index is 1.18. The maximum atomic E-state index is 11.4. The van der Waals surface area contributed by atoms with Gasteiger partial charge in [-0.2, -0.15) is 0 Å². The van der Waals surface area contributed by atoms with Crippen molar-refractivity contribution in [1.29, 1.82) is 0 Å². The highest BCUT2D eigenvalue weighted by Gasteiger charge is 2.19. The summed E-state index contributed by atoms with van der Waals surface area (Å²) in [6.45, 7) is 0.538. The van der Waals surface area contributed by atoms with Gasteiger partial charge in [0.25, 0.3) is 11.4 Å². The van der Waals surface area contributed by atoms with Crippen LogP contribution in [-0.4, -0.2) is 49.8 Å². The Kier molecular flexibility index (Phi) is 8.54. The lowest BCUT2D eigenvalue weighted by Crippen LogP contribution is -2.22. The van der Waals surface area contributed by atoms with Crippen molar-refractivity contribution in [3.8, 4) is 33.9 Å². The van der Waals surface area contributed by atoms with Crippen LogP contribution in [0.4, 0.5) is 17.1 Å². The standard InChI is InChI=1S/C38H27N11O4/c50-48(51)33-15-7-13-31(19-33)46-24-28(41-43-46)22-45(23-29-25-47(44-42-29)32-14-8-16-34(20-32)49(52)53)30-17-18-35-36(21-30)40-38(27-11-5-2-6-12-27)37(39-35)26-9-3-1-4-10-26/h1-21,24-25H,22-23H2. The maximum Gasteiger partial charge on any atom is 0.271 e. The molecule has 53 heavy (non-hydrogen) atoms. The number of non-ortho nitro benzene ring substituents is 2. The molecular weight excluding hydrogens is 674 g/mol. The van der Waals surface area contributed by atoms with Crippen molar-refractivity contribution in [2.24, 2.45) is 0 Å². The van der Waals surface area contributed by atoms with Crippen LogP contribution in [0.25, 0.3) is 44.9 Å². The number of rotatable bonds is 11. The zero-order valence-corrected chi connectivity index (χ0v) is 27.7. The number of hydrogen-bond acceptors (Lipinski definition) is 11. The second-order valence-corrected chi connectivity index (χ2v) is 12.0. The number of benzene rings is 5. The number of aromatic nitrogens is 8. The summed E-state index contributed by atoms with van der Waals surface area (Å²) in [6, 6.07) is 38.0. The topological polar surface area (TPSA) is 177 Å². The van der Waals surface area contributed by atoms with E-state index < -0.39 is 9.85 Å². The lowest BCUT2D eigenvalue weighted by Gasteiger charge is -2.23. The average Bonchev–Trinajstić information content (AvgIpc) is 3.88. The van der Waals surface area contributed by atoms with Gasteiger partial charge in [-0.3, -0.25) is 20.2 Å². The minimum Gasteiger partial charge on any atom is -0.359 e. The summed E-state index contributed by atoms with van der Waals surface area (Å²) >= 11 is 0. The third-order valence-electron chi connectivity index (χ3n) is 8.50. The van der Waals surface area contributed by atoms with Crippen molar-refractivity contribution >= 4 is 28.1 Å². The number of fused-ring (bicyclic) bond motifs is 1. The van der Waals surface area contributed by atoms with Gasteiger partial charge in [0.2, 0.25) is 0 Å². The average molecular weight is 702 g/mol. The molecule has 0 aliphatic heterocycles. The van der Waals surface area contributed by atoms with Gasteiger partial charge in [-0.25, -0.2) is 19.3 Å². The fourth-order valence-electron chi connectivity index (χ4n) is 5.96. The highest BCUT2D eigenvalue weighted by Crippen LogP contribution is 2.33. The molecule has 0 fully saturated rings. The number of anilines is 1. The summed E-state index contributed by atoms with van der Waals surface area (Å²) in [4.78, 5) is 34.1. The molecule has 8 aromatic rings. The van der Waals surface area contributed by atoms with E-state index in [1.165, 1.54) is 33.6 Å². The van der Waals surface area contributed by atoms with Crippen molar-refractivity contribution < 1.29 is 9.85 Å². The first-order chi connectivity index (χ1) is 25.9. The molecule has 0 aliphatic carbocycles. The van der Waals surface area contributed by atoms with Crippen LogP contribution in [0.3, 0.4) is 0 Å². The number of nitro benzene ring substituents is 2. The smallest absolute Gasteiger partial charge is 0.271 e. The predicted molar refractivity (Wildman–Crippen MR) is 196 cm³/mol. The highest BCUT2D eigenvalue weighted by molar-refractivity contribution is 5.87. The fraction of sp³-hybridized carbons (Fsp3) is 0.0526. The van der Waals surface area contributed by atoms with E-state index in [0.29, 0.717) is 33.8 Å². The van der Waals surface area contributed by atoms with Crippen molar-refractivity contribution in [2.45, 2.75) is 13.1 Å². The normalized spacial score (nSPS) is 11.1. The minimum absolute atomic E-state index is 0.0596. The van der Waals surface area contributed by atoms with E-state index in [1.54, 1.807) is 36.7 Å². The molecule has 0 spiro atoms. The molecular formula is C38H27N11O4. The number of hydrogen-bond donors (Lipinski definition) is 0. The Labute approximate surface area is 300 Å². The van der Waals surface area contributed by atoms with Gasteiger partial charge in [-0.15, -0.1) is 10.2 Å². The van der Waals surface area contributed by atoms with Gasteiger partial charge in [-0.1, -0.05) is 83.2 Å². The third-order valence-corrected chi connectivity index (χ3v) is 8.50. The molecule has 0 saturated heterocycles. The molecule has 258 valence electrons. The van der Waals surface area contributed by atoms with Gasteiger partial charge < -0.3 is 4.90 Å². The maximum absolute atomic E-state index is 11.4. The zero-order chi connectivity index (χ0) is 36.3. The van der Waals surface area contributed by atoms with E-state index in [4.69, 9.17) is 9.97 Å². The Hall–Kier alpha value is -7.68. The Bertz CT molecular complexity index is 2510. The predicted octanol–water partition coefficient (Wildman–Crippen LogP) is 7.15. The molecule has 15 nitrogen and oxygen atoms in total. The molecule has 3 heterocycles. The third kappa shape index (κ3) is 6.89. The summed E-state index contributed by atoms with van der Waals surface area (Å²) in [5.74, 6) is 0. The molecule has 0 saturated carbocycles. The van der Waals surface area contributed by atoms with Crippen LogP contribution in [0.15, 0.2) is 140 Å². The van der Waals surface area contributed by atoms with Gasteiger partial charge in [0, 0.05) is 41.1 Å². The Morgan fingerprint density at radius 2 is 1.04 bits per heavy atom. The van der Waals surface area contributed by atoms with Gasteiger partial charge in [0.15, 0.2) is 0 Å². The van der Waals surface area contributed by atoms with E-state index in [9.17, 15) is 20.2 Å². The molecule has 3 aromatic heterocycles. The lowest BCUT2D eigenvalue weighted by atomic mass is 10.0. The lowest BCUT2D eigenvalue weighted by molar-refractivity contribution is -0.385. The van der Waals surface area contributed by atoms with Gasteiger partial charge in [-0.05, 0) is 30.3 Å². The van der Waals surface area contributed by atoms with Crippen molar-refractivity contribution in [3.05, 3.63) is 171 Å². The van der Waals surface area contributed by atoms with Gasteiger partial charge in [0.05, 0.1) is 69.1 Å². The van der Waals surface area contributed by atoms with Gasteiger partial charge >= 0.3 is 0 Å². The molecule has 0 unspecified atom stereocenters. The summed E-state index contributed by atoms with van der Waals surface area (Å²) in [5.41, 5.74) is 7.59. The summed E-state index contributed by atoms with van der Waals surface area (Å²) in [6.07, 6.45) is 3.43. The number of nitrogens with zero attached hydrogens (tertiary/aromatic N) is 11. The fourth-order valence-corrected chi connectivity index (χ4v) is 5.96. The molecule has 0 atom stereocenters. The minimum atomic E-state index is -0.460. The SMILES string of the molecule is O=[N+]([O-])c1cccc(-n2cc(CN(Cc3cn(-c4cccc([N+](=O)[O-])c4)nn3)c3ccc4nc(-c5ccccc5)c(-c5ccccc5)nc4c3)nn2)c1. The van der Waals surface area contributed by atoms with E-state index in [0.717, 1.165) is 28.2 Å². The number of nitro groups is 2.